The Morgan fingerprint density at radius 3 is 1.58 bits per heavy atom. The first-order valence-electron chi connectivity index (χ1n) is 5.27. The molecule has 0 fully saturated rings. The molecule has 98 valence electrons. The van der Waals surface area contributed by atoms with E-state index in [2.05, 4.69) is 0 Å². The Bertz CT molecular complexity index is 603. The fourth-order valence-electron chi connectivity index (χ4n) is 1.51. The Labute approximate surface area is 105 Å². The molecule has 0 bridgehead atoms. The highest BCUT2D eigenvalue weighted by molar-refractivity contribution is 5.70. The zero-order valence-electron chi connectivity index (χ0n) is 9.43. The fourth-order valence-corrected chi connectivity index (χ4v) is 1.51. The highest BCUT2D eigenvalue weighted by Crippen LogP contribution is 2.24. The van der Waals surface area contributed by atoms with Gasteiger partial charge in [-0.05, 0) is 11.6 Å². The van der Waals surface area contributed by atoms with Crippen LogP contribution in [0.4, 0.5) is 22.0 Å². The minimum absolute atomic E-state index is 0.575. The Balaban J connectivity index is 2.50. The maximum absolute atomic E-state index is 13.3. The van der Waals surface area contributed by atoms with Crippen molar-refractivity contribution in [3.8, 4) is 0 Å². The SMILES string of the molecule is Fc1c(F)c(F)c(/C=C/c2ccccc2)c(F)c1F. The van der Waals surface area contributed by atoms with E-state index >= 15 is 0 Å². The molecule has 0 aliphatic carbocycles. The number of hydrogen-bond donors (Lipinski definition) is 0. The van der Waals surface area contributed by atoms with E-state index in [0.717, 1.165) is 6.08 Å². The Morgan fingerprint density at radius 2 is 1.05 bits per heavy atom. The third-order valence-electron chi connectivity index (χ3n) is 2.49. The van der Waals surface area contributed by atoms with E-state index < -0.39 is 34.6 Å². The molecule has 0 aliphatic rings. The molecule has 0 nitrogen and oxygen atoms in total. The molecular formula is C14H7F5. The zero-order chi connectivity index (χ0) is 14.0. The lowest BCUT2D eigenvalue weighted by molar-refractivity contribution is 0.377. The second kappa shape index (κ2) is 5.22. The molecule has 0 N–H and O–H groups in total. The van der Waals surface area contributed by atoms with Crippen molar-refractivity contribution in [1.82, 2.24) is 0 Å². The van der Waals surface area contributed by atoms with Gasteiger partial charge in [-0.2, -0.15) is 0 Å². The van der Waals surface area contributed by atoms with E-state index in [0.29, 0.717) is 5.56 Å². The molecule has 0 amide bonds. The number of hydrogen-bond acceptors (Lipinski definition) is 0. The maximum Gasteiger partial charge on any atom is 0.200 e. The van der Waals surface area contributed by atoms with E-state index in [1.165, 1.54) is 6.08 Å². The molecule has 19 heavy (non-hydrogen) atoms. The summed E-state index contributed by atoms with van der Waals surface area (Å²) in [6.45, 7) is 0. The summed E-state index contributed by atoms with van der Waals surface area (Å²) in [4.78, 5) is 0. The smallest absolute Gasteiger partial charge is 0.200 e. The second-order valence-electron chi connectivity index (χ2n) is 3.73. The van der Waals surface area contributed by atoms with Crippen LogP contribution in [0.5, 0.6) is 0 Å². The van der Waals surface area contributed by atoms with Crippen molar-refractivity contribution in [2.24, 2.45) is 0 Å². The van der Waals surface area contributed by atoms with Crippen LogP contribution in [0.25, 0.3) is 12.2 Å². The lowest BCUT2D eigenvalue weighted by atomic mass is 10.1. The molecule has 0 atom stereocenters. The van der Waals surface area contributed by atoms with Crippen molar-refractivity contribution in [1.29, 1.82) is 0 Å². The van der Waals surface area contributed by atoms with Gasteiger partial charge in [0.25, 0.3) is 0 Å². The second-order valence-corrected chi connectivity index (χ2v) is 3.73. The van der Waals surface area contributed by atoms with Gasteiger partial charge in [0.2, 0.25) is 5.82 Å². The molecule has 0 saturated carbocycles. The lowest BCUT2D eigenvalue weighted by Crippen LogP contribution is -2.03. The predicted molar refractivity (Wildman–Crippen MR) is 61.6 cm³/mol. The van der Waals surface area contributed by atoms with Crippen LogP contribution < -0.4 is 0 Å². The van der Waals surface area contributed by atoms with Gasteiger partial charge in [-0.25, -0.2) is 22.0 Å². The molecule has 0 spiro atoms. The molecule has 0 unspecified atom stereocenters. The highest BCUT2D eigenvalue weighted by Gasteiger charge is 2.23. The minimum atomic E-state index is -2.16. The third kappa shape index (κ3) is 2.50. The van der Waals surface area contributed by atoms with Gasteiger partial charge in [-0.15, -0.1) is 0 Å². The molecular weight excluding hydrogens is 263 g/mol. The van der Waals surface area contributed by atoms with Crippen LogP contribution in [0.3, 0.4) is 0 Å². The monoisotopic (exact) mass is 270 g/mol. The van der Waals surface area contributed by atoms with Crippen LogP contribution in [-0.4, -0.2) is 0 Å². The standard InChI is InChI=1S/C14H7F5/c15-10-9(7-6-8-4-2-1-3-5-8)11(16)13(18)14(19)12(10)17/h1-7H/b7-6+. The van der Waals surface area contributed by atoms with Crippen molar-refractivity contribution in [3.05, 3.63) is 70.5 Å². The van der Waals surface area contributed by atoms with Gasteiger partial charge in [0.05, 0.1) is 5.56 Å². The first-order chi connectivity index (χ1) is 9.02. The van der Waals surface area contributed by atoms with E-state index in [1.807, 2.05) is 0 Å². The molecule has 5 heteroatoms. The van der Waals surface area contributed by atoms with Crippen molar-refractivity contribution in [2.45, 2.75) is 0 Å². The largest absolute Gasteiger partial charge is 0.203 e. The summed E-state index contributed by atoms with van der Waals surface area (Å²) in [6, 6.07) is 8.34. The molecule has 0 saturated heterocycles. The van der Waals surface area contributed by atoms with Gasteiger partial charge in [-0.3, -0.25) is 0 Å². The maximum atomic E-state index is 13.3. The first kappa shape index (κ1) is 13.3. The van der Waals surface area contributed by atoms with Gasteiger partial charge in [0, 0.05) is 0 Å². The van der Waals surface area contributed by atoms with E-state index in [-0.39, 0.29) is 0 Å². The van der Waals surface area contributed by atoms with Crippen LogP contribution >= 0.6 is 0 Å². The van der Waals surface area contributed by atoms with Crippen molar-refractivity contribution >= 4 is 12.2 Å². The van der Waals surface area contributed by atoms with Crippen molar-refractivity contribution < 1.29 is 22.0 Å². The summed E-state index contributed by atoms with van der Waals surface area (Å²) in [5.74, 6) is -9.75. The molecule has 0 aliphatic heterocycles. The Kier molecular flexibility index (Phi) is 3.64. The molecule has 0 heterocycles. The van der Waals surface area contributed by atoms with Crippen LogP contribution in [-0.2, 0) is 0 Å². The van der Waals surface area contributed by atoms with Gasteiger partial charge in [-0.1, -0.05) is 36.4 Å². The molecule has 2 aromatic rings. The average molecular weight is 270 g/mol. The fraction of sp³-hybridized carbons (Fsp3) is 0. The minimum Gasteiger partial charge on any atom is -0.203 e. The van der Waals surface area contributed by atoms with Gasteiger partial charge >= 0.3 is 0 Å². The third-order valence-corrected chi connectivity index (χ3v) is 2.49. The number of halogens is 5. The van der Waals surface area contributed by atoms with Crippen LogP contribution in [0.15, 0.2) is 30.3 Å². The van der Waals surface area contributed by atoms with Crippen molar-refractivity contribution in [3.63, 3.8) is 0 Å². The summed E-state index contributed by atoms with van der Waals surface area (Å²) in [7, 11) is 0. The molecule has 0 aromatic heterocycles. The topological polar surface area (TPSA) is 0 Å². The number of rotatable bonds is 2. The summed E-state index contributed by atoms with van der Waals surface area (Å²) < 4.78 is 65.3. The quantitative estimate of drug-likeness (QED) is 0.325. The molecule has 0 radical (unpaired) electrons. The predicted octanol–water partition coefficient (Wildman–Crippen LogP) is 4.55. The first-order valence-corrected chi connectivity index (χ1v) is 5.27. The van der Waals surface area contributed by atoms with Gasteiger partial charge in [0.1, 0.15) is 0 Å². The highest BCUT2D eigenvalue weighted by atomic mass is 19.2. The van der Waals surface area contributed by atoms with Gasteiger partial charge < -0.3 is 0 Å². The summed E-state index contributed by atoms with van der Waals surface area (Å²) in [5, 5.41) is 0. The average Bonchev–Trinajstić information content (AvgIpc) is 2.44. The zero-order valence-corrected chi connectivity index (χ0v) is 9.43. The Hall–Kier alpha value is -2.17. The normalized spacial score (nSPS) is 11.2. The Morgan fingerprint density at radius 1 is 0.579 bits per heavy atom. The van der Waals surface area contributed by atoms with Gasteiger partial charge in [0.15, 0.2) is 23.3 Å². The van der Waals surface area contributed by atoms with Crippen LogP contribution in [0.2, 0.25) is 0 Å². The molecule has 2 rings (SSSR count). The summed E-state index contributed by atoms with van der Waals surface area (Å²) in [5.41, 5.74) is -0.383. The van der Waals surface area contributed by atoms with Crippen LogP contribution in [0, 0.1) is 29.1 Å². The van der Waals surface area contributed by atoms with Crippen LogP contribution in [0.1, 0.15) is 11.1 Å². The summed E-state index contributed by atoms with van der Waals surface area (Å²) >= 11 is 0. The number of benzene rings is 2. The van der Waals surface area contributed by atoms with Crippen molar-refractivity contribution in [2.75, 3.05) is 0 Å². The lowest BCUT2D eigenvalue weighted by Gasteiger charge is -2.04. The summed E-state index contributed by atoms with van der Waals surface area (Å²) in [6.07, 6.45) is 2.11. The van der Waals surface area contributed by atoms with E-state index in [4.69, 9.17) is 0 Å². The van der Waals surface area contributed by atoms with E-state index in [1.54, 1.807) is 30.3 Å². The van der Waals surface area contributed by atoms with E-state index in [9.17, 15) is 22.0 Å². The molecule has 2 aromatic carbocycles.